The molecule has 1 fully saturated rings. The third-order valence-corrected chi connectivity index (χ3v) is 4.09. The number of amides is 1. The fraction of sp³-hybridized carbons (Fsp3) is 0.500. The number of nitrogens with one attached hydrogen (secondary N) is 1. The van der Waals surface area contributed by atoms with E-state index in [1.54, 1.807) is 11.3 Å². The van der Waals surface area contributed by atoms with Gasteiger partial charge < -0.3 is 5.32 Å². The number of rotatable bonds is 3. The number of hydrogen-bond donors (Lipinski definition) is 1. The zero-order chi connectivity index (χ0) is 10.1. The Morgan fingerprint density at radius 3 is 3.00 bits per heavy atom. The Morgan fingerprint density at radius 1 is 1.79 bits per heavy atom. The van der Waals surface area contributed by atoms with Gasteiger partial charge in [-0.2, -0.15) is 0 Å². The molecule has 1 aliphatic carbocycles. The van der Waals surface area contributed by atoms with Crippen molar-refractivity contribution < 1.29 is 4.79 Å². The normalized spacial score (nSPS) is 24.7. The van der Waals surface area contributed by atoms with Gasteiger partial charge in [0.15, 0.2) is 0 Å². The number of thiophene rings is 1. The zero-order valence-corrected chi connectivity index (χ0v) is 10.3. The Hall–Kier alpha value is -0.350. The van der Waals surface area contributed by atoms with Crippen LogP contribution in [0.1, 0.15) is 18.9 Å². The third-order valence-electron chi connectivity index (χ3n) is 2.53. The number of carbonyl (C=O) groups is 1. The van der Waals surface area contributed by atoms with Crippen molar-refractivity contribution >= 4 is 33.2 Å². The average molecular weight is 274 g/mol. The molecule has 2 rings (SSSR count). The second-order valence-corrected chi connectivity index (χ2v) is 6.09. The Morgan fingerprint density at radius 2 is 2.50 bits per heavy atom. The molecule has 0 aliphatic heterocycles. The Balaban J connectivity index is 1.80. The molecule has 2 nitrogen and oxygen atoms in total. The molecular formula is C10H12BrNOS. The van der Waals surface area contributed by atoms with E-state index in [1.165, 1.54) is 5.56 Å². The molecule has 0 bridgehead atoms. The third kappa shape index (κ3) is 2.36. The van der Waals surface area contributed by atoms with Crippen LogP contribution in [0, 0.1) is 11.8 Å². The molecule has 76 valence electrons. The van der Waals surface area contributed by atoms with Crippen LogP contribution in [0.15, 0.2) is 15.2 Å². The van der Waals surface area contributed by atoms with Gasteiger partial charge in [0.05, 0.1) is 3.79 Å². The predicted molar refractivity (Wildman–Crippen MR) is 61.1 cm³/mol. The second-order valence-electron chi connectivity index (χ2n) is 3.80. The molecule has 2 atom stereocenters. The summed E-state index contributed by atoms with van der Waals surface area (Å²) in [4.78, 5) is 11.5. The standard InChI is InChI=1S/C10H12BrNOS/c1-6-2-8(6)10(13)12-4-7-3-9(11)14-5-7/h3,5-6,8H,2,4H2,1H3,(H,12,13). The van der Waals surface area contributed by atoms with E-state index in [0.29, 0.717) is 12.5 Å². The fourth-order valence-corrected chi connectivity index (χ4v) is 2.66. The average Bonchev–Trinajstić information content (AvgIpc) is 2.72. The van der Waals surface area contributed by atoms with Crippen LogP contribution >= 0.6 is 27.3 Å². The lowest BCUT2D eigenvalue weighted by atomic mass is 10.3. The van der Waals surface area contributed by atoms with Gasteiger partial charge in [-0.3, -0.25) is 4.79 Å². The van der Waals surface area contributed by atoms with Crippen molar-refractivity contribution in [2.45, 2.75) is 19.9 Å². The second kappa shape index (κ2) is 4.03. The summed E-state index contributed by atoms with van der Waals surface area (Å²) in [5.41, 5.74) is 1.17. The first kappa shape index (κ1) is 10.2. The van der Waals surface area contributed by atoms with Gasteiger partial charge in [-0.05, 0) is 45.3 Å². The van der Waals surface area contributed by atoms with E-state index in [4.69, 9.17) is 0 Å². The molecule has 0 aromatic carbocycles. The van der Waals surface area contributed by atoms with Crippen molar-refractivity contribution in [3.8, 4) is 0 Å². The predicted octanol–water partition coefficient (Wildman–Crippen LogP) is 2.78. The highest BCUT2D eigenvalue weighted by Gasteiger charge is 2.38. The molecule has 2 unspecified atom stereocenters. The van der Waals surface area contributed by atoms with Gasteiger partial charge in [-0.25, -0.2) is 0 Å². The van der Waals surface area contributed by atoms with Gasteiger partial charge in [-0.1, -0.05) is 6.92 Å². The van der Waals surface area contributed by atoms with Crippen molar-refractivity contribution in [1.29, 1.82) is 0 Å². The molecule has 0 radical (unpaired) electrons. The molecule has 1 saturated carbocycles. The minimum absolute atomic E-state index is 0.208. The summed E-state index contributed by atoms with van der Waals surface area (Å²) >= 11 is 5.04. The van der Waals surface area contributed by atoms with Crippen LogP contribution in [0.5, 0.6) is 0 Å². The van der Waals surface area contributed by atoms with E-state index >= 15 is 0 Å². The zero-order valence-electron chi connectivity index (χ0n) is 7.92. The first-order valence-electron chi connectivity index (χ1n) is 4.67. The lowest BCUT2D eigenvalue weighted by Crippen LogP contribution is -2.24. The van der Waals surface area contributed by atoms with E-state index in [1.807, 2.05) is 6.07 Å². The van der Waals surface area contributed by atoms with Crippen LogP contribution in [-0.2, 0) is 11.3 Å². The Labute approximate surface area is 95.8 Å². The number of halogens is 1. The molecule has 4 heteroatoms. The van der Waals surface area contributed by atoms with Gasteiger partial charge in [0.1, 0.15) is 0 Å². The van der Waals surface area contributed by atoms with Crippen LogP contribution in [0.4, 0.5) is 0 Å². The van der Waals surface area contributed by atoms with Gasteiger partial charge in [-0.15, -0.1) is 11.3 Å². The largest absolute Gasteiger partial charge is 0.352 e. The molecular weight excluding hydrogens is 262 g/mol. The first-order chi connectivity index (χ1) is 6.66. The minimum atomic E-state index is 0.208. The molecule has 1 heterocycles. The van der Waals surface area contributed by atoms with Crippen molar-refractivity contribution in [3.63, 3.8) is 0 Å². The molecule has 0 spiro atoms. The highest BCUT2D eigenvalue weighted by molar-refractivity contribution is 9.11. The smallest absolute Gasteiger partial charge is 0.223 e. The highest BCUT2D eigenvalue weighted by atomic mass is 79.9. The van der Waals surface area contributed by atoms with Crippen LogP contribution in [-0.4, -0.2) is 5.91 Å². The summed E-state index contributed by atoms with van der Waals surface area (Å²) in [6, 6.07) is 2.04. The van der Waals surface area contributed by atoms with Crippen molar-refractivity contribution in [2.75, 3.05) is 0 Å². The summed E-state index contributed by atoms with van der Waals surface area (Å²) in [5, 5.41) is 5.01. The fourth-order valence-electron chi connectivity index (χ4n) is 1.45. The summed E-state index contributed by atoms with van der Waals surface area (Å²) in [5.74, 6) is 1.07. The maximum Gasteiger partial charge on any atom is 0.223 e. The van der Waals surface area contributed by atoms with Crippen molar-refractivity contribution in [3.05, 3.63) is 20.8 Å². The molecule has 1 aliphatic rings. The molecule has 1 aromatic rings. The van der Waals surface area contributed by atoms with E-state index in [-0.39, 0.29) is 11.8 Å². The summed E-state index contributed by atoms with van der Waals surface area (Å²) in [6.45, 7) is 2.77. The minimum Gasteiger partial charge on any atom is -0.352 e. The van der Waals surface area contributed by atoms with Gasteiger partial charge >= 0.3 is 0 Å². The van der Waals surface area contributed by atoms with E-state index in [0.717, 1.165) is 10.2 Å². The molecule has 14 heavy (non-hydrogen) atoms. The van der Waals surface area contributed by atoms with Crippen LogP contribution in [0.2, 0.25) is 0 Å². The lowest BCUT2D eigenvalue weighted by Gasteiger charge is -2.01. The summed E-state index contributed by atoms with van der Waals surface area (Å²) in [6.07, 6.45) is 1.05. The van der Waals surface area contributed by atoms with E-state index < -0.39 is 0 Å². The van der Waals surface area contributed by atoms with Crippen molar-refractivity contribution in [2.24, 2.45) is 11.8 Å². The first-order valence-corrected chi connectivity index (χ1v) is 6.34. The maximum atomic E-state index is 11.5. The van der Waals surface area contributed by atoms with Gasteiger partial charge in [0, 0.05) is 12.5 Å². The summed E-state index contributed by atoms with van der Waals surface area (Å²) < 4.78 is 1.11. The monoisotopic (exact) mass is 273 g/mol. The van der Waals surface area contributed by atoms with Gasteiger partial charge in [0.25, 0.3) is 0 Å². The van der Waals surface area contributed by atoms with Crippen LogP contribution < -0.4 is 5.32 Å². The molecule has 0 saturated heterocycles. The molecule has 1 N–H and O–H groups in total. The maximum absolute atomic E-state index is 11.5. The Bertz CT molecular complexity index is 350. The van der Waals surface area contributed by atoms with E-state index in [2.05, 4.69) is 33.6 Å². The van der Waals surface area contributed by atoms with Crippen LogP contribution in [0.25, 0.3) is 0 Å². The van der Waals surface area contributed by atoms with Crippen LogP contribution in [0.3, 0.4) is 0 Å². The topological polar surface area (TPSA) is 29.1 Å². The SMILES string of the molecule is CC1CC1C(=O)NCc1csc(Br)c1. The van der Waals surface area contributed by atoms with E-state index in [9.17, 15) is 4.79 Å². The Kier molecular flexibility index (Phi) is 2.93. The quantitative estimate of drug-likeness (QED) is 0.902. The molecule has 1 aromatic heterocycles. The van der Waals surface area contributed by atoms with Gasteiger partial charge in [0.2, 0.25) is 5.91 Å². The number of carbonyl (C=O) groups excluding carboxylic acids is 1. The lowest BCUT2D eigenvalue weighted by molar-refractivity contribution is -0.122. The number of hydrogen-bond acceptors (Lipinski definition) is 2. The van der Waals surface area contributed by atoms with Crippen molar-refractivity contribution in [1.82, 2.24) is 5.32 Å². The summed E-state index contributed by atoms with van der Waals surface area (Å²) in [7, 11) is 0. The highest BCUT2D eigenvalue weighted by Crippen LogP contribution is 2.37. The molecule has 1 amide bonds.